The topological polar surface area (TPSA) is 133 Å². The maximum absolute atomic E-state index is 13.5. The Labute approximate surface area is 250 Å². The number of hydrogen-bond acceptors (Lipinski definition) is 8. The number of nitrogens with one attached hydrogen (secondary N) is 2. The molecule has 2 aliphatic rings. The lowest BCUT2D eigenvalue weighted by atomic mass is 9.76. The standard InChI is InChI=1S/C31H49N3O8/c1-8-41-29(38)31(14-13-22(2)3)19-23-11-12-24(25(18-23)39-6)42-20-27(36)32-15-17-34(28(37)30(4,5)40-7)16-9-10-26(35)33-21-31/h11-12,18,22H,8-10,13-17,19-21H2,1-7H3,(H,32,36)(H,33,35). The monoisotopic (exact) mass is 591 g/mol. The molecule has 0 aromatic heterocycles. The van der Waals surface area contributed by atoms with Crippen LogP contribution in [0.3, 0.4) is 0 Å². The van der Waals surface area contributed by atoms with E-state index in [1.165, 1.54) is 14.2 Å². The van der Waals surface area contributed by atoms with E-state index in [-0.39, 0.29) is 63.0 Å². The average molecular weight is 592 g/mol. The molecular formula is C31H49N3O8. The molecule has 0 saturated carbocycles. The number of carbonyl (C=O) groups excluding carboxylic acids is 4. The molecule has 2 N–H and O–H groups in total. The number of methoxy groups -OCH3 is 2. The van der Waals surface area contributed by atoms with E-state index in [0.29, 0.717) is 43.2 Å². The van der Waals surface area contributed by atoms with Crippen molar-refractivity contribution >= 4 is 23.7 Å². The summed E-state index contributed by atoms with van der Waals surface area (Å²) in [5, 5.41) is 5.76. The first-order valence-corrected chi connectivity index (χ1v) is 14.7. The van der Waals surface area contributed by atoms with Crippen LogP contribution >= 0.6 is 0 Å². The van der Waals surface area contributed by atoms with Gasteiger partial charge in [0.15, 0.2) is 18.1 Å². The number of carbonyl (C=O) groups is 4. The number of fused-ring (bicyclic) bond motifs is 16. The minimum absolute atomic E-state index is 0.107. The van der Waals surface area contributed by atoms with Crippen molar-refractivity contribution in [3.05, 3.63) is 23.8 Å². The normalized spacial score (nSPS) is 19.6. The van der Waals surface area contributed by atoms with Crippen molar-refractivity contribution in [2.24, 2.45) is 11.3 Å². The largest absolute Gasteiger partial charge is 0.493 e. The van der Waals surface area contributed by atoms with Gasteiger partial charge < -0.3 is 34.5 Å². The zero-order valence-electron chi connectivity index (χ0n) is 26.3. The van der Waals surface area contributed by atoms with E-state index in [1.807, 2.05) is 6.07 Å². The number of benzene rings is 1. The molecule has 236 valence electrons. The second-order valence-corrected chi connectivity index (χ2v) is 11.6. The molecule has 0 saturated heterocycles. The molecule has 0 aliphatic carbocycles. The van der Waals surface area contributed by atoms with Crippen molar-refractivity contribution in [2.75, 3.05) is 53.6 Å². The predicted molar refractivity (Wildman–Crippen MR) is 158 cm³/mol. The van der Waals surface area contributed by atoms with Crippen molar-refractivity contribution in [3.8, 4) is 11.5 Å². The highest BCUT2D eigenvalue weighted by Gasteiger charge is 2.40. The summed E-state index contributed by atoms with van der Waals surface area (Å²) in [4.78, 5) is 53.8. The first kappa shape index (κ1) is 34.9. The van der Waals surface area contributed by atoms with Crippen LogP contribution in [0.15, 0.2) is 18.2 Å². The van der Waals surface area contributed by atoms with Crippen LogP contribution < -0.4 is 20.1 Å². The second kappa shape index (κ2) is 16.3. The van der Waals surface area contributed by atoms with Gasteiger partial charge in [0.1, 0.15) is 5.60 Å². The van der Waals surface area contributed by atoms with Crippen LogP contribution in [0.2, 0.25) is 0 Å². The highest BCUT2D eigenvalue weighted by Crippen LogP contribution is 2.35. The Morgan fingerprint density at radius 2 is 1.86 bits per heavy atom. The number of amides is 3. The number of esters is 1. The lowest BCUT2D eigenvalue weighted by molar-refractivity contribution is -0.156. The Bertz CT molecular complexity index is 1070. The van der Waals surface area contributed by atoms with Crippen LogP contribution in [-0.4, -0.2) is 87.8 Å². The molecule has 0 radical (unpaired) electrons. The van der Waals surface area contributed by atoms with Crippen molar-refractivity contribution < 1.29 is 38.1 Å². The van der Waals surface area contributed by atoms with Gasteiger partial charge in [-0.25, -0.2) is 0 Å². The lowest BCUT2D eigenvalue weighted by Gasteiger charge is -2.33. The molecule has 3 rings (SSSR count). The van der Waals surface area contributed by atoms with Gasteiger partial charge in [-0.15, -0.1) is 0 Å². The highest BCUT2D eigenvalue weighted by atomic mass is 16.5. The van der Waals surface area contributed by atoms with Gasteiger partial charge in [-0.2, -0.15) is 0 Å². The molecule has 0 spiro atoms. The Balaban J connectivity index is 2.44. The Morgan fingerprint density at radius 3 is 2.50 bits per heavy atom. The summed E-state index contributed by atoms with van der Waals surface area (Å²) < 4.78 is 22.2. The van der Waals surface area contributed by atoms with E-state index >= 15 is 0 Å². The molecule has 1 atom stereocenters. The van der Waals surface area contributed by atoms with Gasteiger partial charge >= 0.3 is 5.97 Å². The van der Waals surface area contributed by atoms with Gasteiger partial charge in [-0.05, 0) is 70.1 Å². The van der Waals surface area contributed by atoms with Gasteiger partial charge in [0.05, 0.1) is 19.1 Å². The fraction of sp³-hybridized carbons (Fsp3) is 0.677. The summed E-state index contributed by atoms with van der Waals surface area (Å²) in [6.07, 6.45) is 2.13. The average Bonchev–Trinajstić information content (AvgIpc) is 2.96. The van der Waals surface area contributed by atoms with Crippen LogP contribution in [0.4, 0.5) is 0 Å². The fourth-order valence-electron chi connectivity index (χ4n) is 4.76. The molecule has 1 unspecified atom stereocenters. The summed E-state index contributed by atoms with van der Waals surface area (Å²) in [6.45, 7) is 10.1. The smallest absolute Gasteiger partial charge is 0.314 e. The SMILES string of the molecule is CCOC(=O)C1(CCC(C)C)CNC(=O)CCCN(C(=O)C(C)(C)OC)CCNC(=O)COc2ccc(cc2OC)C1. The maximum atomic E-state index is 13.5. The van der Waals surface area contributed by atoms with Crippen molar-refractivity contribution in [1.29, 1.82) is 0 Å². The molecule has 2 heterocycles. The second-order valence-electron chi connectivity index (χ2n) is 11.6. The summed E-state index contributed by atoms with van der Waals surface area (Å²) in [5.41, 5.74) is -1.26. The minimum atomic E-state index is -1.07. The predicted octanol–water partition coefficient (Wildman–Crippen LogP) is 2.88. The van der Waals surface area contributed by atoms with E-state index in [2.05, 4.69) is 24.5 Å². The van der Waals surface area contributed by atoms with E-state index in [4.69, 9.17) is 18.9 Å². The molecule has 3 amide bonds. The van der Waals surface area contributed by atoms with Crippen LogP contribution in [0.1, 0.15) is 65.9 Å². The summed E-state index contributed by atoms with van der Waals surface area (Å²) in [7, 11) is 2.97. The van der Waals surface area contributed by atoms with Gasteiger partial charge in [-0.3, -0.25) is 19.2 Å². The quantitative estimate of drug-likeness (QED) is 0.349. The summed E-state index contributed by atoms with van der Waals surface area (Å²) in [6, 6.07) is 5.32. The van der Waals surface area contributed by atoms with Crippen LogP contribution in [0.5, 0.6) is 11.5 Å². The molecule has 11 heteroatoms. The maximum Gasteiger partial charge on any atom is 0.314 e. The Hall–Kier alpha value is -3.34. The lowest BCUT2D eigenvalue weighted by Crippen LogP contribution is -2.49. The third-order valence-electron chi connectivity index (χ3n) is 7.51. The minimum Gasteiger partial charge on any atom is -0.493 e. The van der Waals surface area contributed by atoms with Crippen molar-refractivity contribution in [2.45, 2.75) is 72.3 Å². The first-order chi connectivity index (χ1) is 19.9. The first-order valence-electron chi connectivity index (χ1n) is 14.7. The number of ether oxygens (including phenoxy) is 4. The number of rotatable bonds is 8. The highest BCUT2D eigenvalue weighted by molar-refractivity contribution is 5.85. The molecule has 11 nitrogen and oxygen atoms in total. The van der Waals surface area contributed by atoms with Gasteiger partial charge in [0.2, 0.25) is 5.91 Å². The molecule has 2 bridgehead atoms. The van der Waals surface area contributed by atoms with Crippen LogP contribution in [0.25, 0.3) is 0 Å². The van der Waals surface area contributed by atoms with Gasteiger partial charge in [-0.1, -0.05) is 19.9 Å². The molecule has 2 aliphatic heterocycles. The van der Waals surface area contributed by atoms with Gasteiger partial charge in [0, 0.05) is 39.7 Å². The zero-order valence-corrected chi connectivity index (χ0v) is 26.3. The molecule has 1 aromatic carbocycles. The van der Waals surface area contributed by atoms with Crippen molar-refractivity contribution in [3.63, 3.8) is 0 Å². The number of hydrogen-bond donors (Lipinski definition) is 2. The molecule has 42 heavy (non-hydrogen) atoms. The van der Waals surface area contributed by atoms with E-state index in [0.717, 1.165) is 12.0 Å². The fourth-order valence-corrected chi connectivity index (χ4v) is 4.76. The number of nitrogens with zero attached hydrogens (tertiary/aromatic N) is 1. The Kier molecular flexibility index (Phi) is 13.6. The third-order valence-corrected chi connectivity index (χ3v) is 7.51. The van der Waals surface area contributed by atoms with E-state index < -0.39 is 11.0 Å². The summed E-state index contributed by atoms with van der Waals surface area (Å²) in [5.74, 6) is -0.0632. The third kappa shape index (κ3) is 10.2. The Morgan fingerprint density at radius 1 is 1.12 bits per heavy atom. The van der Waals surface area contributed by atoms with Crippen LogP contribution in [-0.2, 0) is 35.1 Å². The summed E-state index contributed by atoms with van der Waals surface area (Å²) >= 11 is 0. The van der Waals surface area contributed by atoms with E-state index in [9.17, 15) is 19.2 Å². The van der Waals surface area contributed by atoms with Crippen LogP contribution in [0, 0.1) is 11.3 Å². The molecule has 1 aromatic rings. The zero-order chi connectivity index (χ0) is 31.3. The van der Waals surface area contributed by atoms with Crippen molar-refractivity contribution in [1.82, 2.24) is 15.5 Å². The molecular weight excluding hydrogens is 542 g/mol. The molecule has 0 fully saturated rings. The van der Waals surface area contributed by atoms with Gasteiger partial charge in [0.25, 0.3) is 11.8 Å². The van der Waals surface area contributed by atoms with E-state index in [1.54, 1.807) is 37.8 Å².